The number of fused-ring (bicyclic) bond motifs is 1. The van der Waals surface area contributed by atoms with Crippen LogP contribution in [0.25, 0.3) is 22.3 Å². The topological polar surface area (TPSA) is 103 Å². The number of carbonyl (C=O) groups is 1. The van der Waals surface area contributed by atoms with Gasteiger partial charge in [0, 0.05) is 22.7 Å². The SMILES string of the molecule is CC1(C)CC(NC(=O)c2cc(-c3ccc(O)cc3)nc3[nH]ncc23)CC(C)(C)N1. The Morgan fingerprint density at radius 3 is 2.45 bits per heavy atom. The summed E-state index contributed by atoms with van der Waals surface area (Å²) in [7, 11) is 0. The van der Waals surface area contributed by atoms with Crippen molar-refractivity contribution in [3.8, 4) is 17.0 Å². The summed E-state index contributed by atoms with van der Waals surface area (Å²) >= 11 is 0. The second-order valence-corrected chi connectivity index (χ2v) is 9.21. The number of phenols is 1. The summed E-state index contributed by atoms with van der Waals surface area (Å²) in [6.07, 6.45) is 3.34. The second-order valence-electron chi connectivity index (χ2n) is 9.21. The first-order valence-electron chi connectivity index (χ1n) is 9.86. The maximum Gasteiger partial charge on any atom is 0.252 e. The summed E-state index contributed by atoms with van der Waals surface area (Å²) in [6, 6.07) is 8.62. The molecule has 1 aliphatic rings. The summed E-state index contributed by atoms with van der Waals surface area (Å²) in [5.41, 5.74) is 2.46. The number of nitrogens with one attached hydrogen (secondary N) is 3. The van der Waals surface area contributed by atoms with E-state index >= 15 is 0 Å². The van der Waals surface area contributed by atoms with E-state index in [4.69, 9.17) is 0 Å². The number of aromatic nitrogens is 3. The molecule has 29 heavy (non-hydrogen) atoms. The quantitative estimate of drug-likeness (QED) is 0.546. The van der Waals surface area contributed by atoms with Crippen LogP contribution in [0.5, 0.6) is 5.75 Å². The van der Waals surface area contributed by atoms with Crippen LogP contribution < -0.4 is 10.6 Å². The highest BCUT2D eigenvalue weighted by molar-refractivity contribution is 6.06. The molecule has 1 aliphatic heterocycles. The predicted octanol–water partition coefficient (Wildman–Crippen LogP) is 3.37. The Labute approximate surface area is 169 Å². The fourth-order valence-corrected chi connectivity index (χ4v) is 4.58. The van der Waals surface area contributed by atoms with Crippen molar-refractivity contribution in [2.75, 3.05) is 0 Å². The van der Waals surface area contributed by atoms with E-state index in [0.29, 0.717) is 22.3 Å². The van der Waals surface area contributed by atoms with Crippen LogP contribution in [0.3, 0.4) is 0 Å². The Balaban J connectivity index is 1.67. The van der Waals surface area contributed by atoms with Gasteiger partial charge in [-0.2, -0.15) is 5.10 Å². The van der Waals surface area contributed by atoms with Gasteiger partial charge in [-0.1, -0.05) is 0 Å². The van der Waals surface area contributed by atoms with Gasteiger partial charge in [0.15, 0.2) is 5.65 Å². The number of hydrogen-bond acceptors (Lipinski definition) is 5. The molecule has 4 N–H and O–H groups in total. The lowest BCUT2D eigenvalue weighted by Crippen LogP contribution is -2.62. The van der Waals surface area contributed by atoms with E-state index in [2.05, 4.69) is 53.5 Å². The minimum atomic E-state index is -0.127. The number of rotatable bonds is 3. The van der Waals surface area contributed by atoms with Crippen LogP contribution in [0.1, 0.15) is 50.9 Å². The fraction of sp³-hybridized carbons (Fsp3) is 0.409. The van der Waals surface area contributed by atoms with Gasteiger partial charge in [0.05, 0.1) is 22.8 Å². The average molecular weight is 393 g/mol. The Bertz CT molecular complexity index is 1040. The summed E-state index contributed by atoms with van der Waals surface area (Å²) in [5.74, 6) is 0.0581. The lowest BCUT2D eigenvalue weighted by molar-refractivity contribution is 0.0874. The van der Waals surface area contributed by atoms with E-state index in [1.54, 1.807) is 36.5 Å². The molecule has 0 radical (unpaired) electrons. The number of aromatic hydroxyl groups is 1. The van der Waals surface area contributed by atoms with E-state index in [-0.39, 0.29) is 28.8 Å². The van der Waals surface area contributed by atoms with Crippen molar-refractivity contribution in [2.24, 2.45) is 0 Å². The molecule has 1 fully saturated rings. The molecule has 2 aromatic heterocycles. The van der Waals surface area contributed by atoms with Crippen LogP contribution in [0.2, 0.25) is 0 Å². The normalized spacial score (nSPS) is 18.6. The number of phenolic OH excluding ortho intramolecular Hbond substituents is 1. The van der Waals surface area contributed by atoms with Crippen molar-refractivity contribution in [1.29, 1.82) is 0 Å². The van der Waals surface area contributed by atoms with E-state index in [1.807, 2.05) is 0 Å². The highest BCUT2D eigenvalue weighted by Crippen LogP contribution is 2.30. The van der Waals surface area contributed by atoms with Crippen LogP contribution in [0, 0.1) is 0 Å². The van der Waals surface area contributed by atoms with Gasteiger partial charge < -0.3 is 15.7 Å². The minimum absolute atomic E-state index is 0.0555. The van der Waals surface area contributed by atoms with Gasteiger partial charge in [-0.3, -0.25) is 9.89 Å². The molecular formula is C22H27N5O2. The first-order chi connectivity index (χ1) is 13.6. The zero-order valence-electron chi connectivity index (χ0n) is 17.2. The zero-order chi connectivity index (χ0) is 20.8. The zero-order valence-corrected chi connectivity index (χ0v) is 17.2. The molecule has 0 bridgehead atoms. The van der Waals surface area contributed by atoms with E-state index in [0.717, 1.165) is 18.4 Å². The first kappa shape index (κ1) is 19.4. The molecule has 3 heterocycles. The molecule has 1 saturated heterocycles. The molecule has 4 rings (SSSR count). The van der Waals surface area contributed by atoms with Crippen LogP contribution in [-0.2, 0) is 0 Å². The van der Waals surface area contributed by atoms with Gasteiger partial charge in [0.1, 0.15) is 5.75 Å². The fourth-order valence-electron chi connectivity index (χ4n) is 4.58. The van der Waals surface area contributed by atoms with Gasteiger partial charge in [0.2, 0.25) is 0 Å². The lowest BCUT2D eigenvalue weighted by Gasteiger charge is -2.46. The number of benzene rings is 1. The number of nitrogens with zero attached hydrogens (tertiary/aromatic N) is 2. The maximum atomic E-state index is 13.2. The van der Waals surface area contributed by atoms with Gasteiger partial charge in [-0.05, 0) is 70.9 Å². The molecule has 0 atom stereocenters. The molecule has 7 nitrogen and oxygen atoms in total. The lowest BCUT2D eigenvalue weighted by atomic mass is 9.79. The molecule has 1 amide bonds. The Morgan fingerprint density at radius 1 is 1.14 bits per heavy atom. The highest BCUT2D eigenvalue weighted by Gasteiger charge is 2.38. The van der Waals surface area contributed by atoms with E-state index in [1.165, 1.54) is 0 Å². The van der Waals surface area contributed by atoms with Crippen molar-refractivity contribution >= 4 is 16.9 Å². The number of aromatic amines is 1. The second kappa shape index (κ2) is 6.84. The number of pyridine rings is 1. The molecule has 0 unspecified atom stereocenters. The molecule has 3 aromatic rings. The largest absolute Gasteiger partial charge is 0.508 e. The molecule has 152 valence electrons. The van der Waals surface area contributed by atoms with Crippen molar-refractivity contribution in [3.63, 3.8) is 0 Å². The summed E-state index contributed by atoms with van der Waals surface area (Å²) in [6.45, 7) is 8.65. The maximum absolute atomic E-state index is 13.2. The number of hydrogen-bond donors (Lipinski definition) is 4. The Kier molecular flexibility index (Phi) is 4.58. The highest BCUT2D eigenvalue weighted by atomic mass is 16.3. The standard InChI is InChI=1S/C22H27N5O2/c1-21(2)10-14(11-22(3,4)27-21)24-20(29)16-9-18(13-5-7-15(28)8-6-13)25-19-17(16)12-23-26-19/h5-9,12,14,27-28H,10-11H2,1-4H3,(H,24,29)(H,23,25,26). The molecule has 7 heteroatoms. The number of piperidine rings is 1. The predicted molar refractivity (Wildman–Crippen MR) is 113 cm³/mol. The Hall–Kier alpha value is -2.93. The third kappa shape index (κ3) is 4.10. The van der Waals surface area contributed by atoms with Gasteiger partial charge >= 0.3 is 0 Å². The first-order valence-corrected chi connectivity index (χ1v) is 9.86. The molecule has 0 spiro atoms. The van der Waals surface area contributed by atoms with Crippen LogP contribution in [-0.4, -0.2) is 43.3 Å². The van der Waals surface area contributed by atoms with Gasteiger partial charge in [0.25, 0.3) is 5.91 Å². The summed E-state index contributed by atoms with van der Waals surface area (Å²) in [4.78, 5) is 17.8. The summed E-state index contributed by atoms with van der Waals surface area (Å²) < 4.78 is 0. The average Bonchev–Trinajstić information content (AvgIpc) is 3.07. The minimum Gasteiger partial charge on any atom is -0.508 e. The van der Waals surface area contributed by atoms with E-state index < -0.39 is 0 Å². The Morgan fingerprint density at radius 2 is 1.79 bits per heavy atom. The van der Waals surface area contributed by atoms with Crippen molar-refractivity contribution in [3.05, 3.63) is 42.1 Å². The van der Waals surface area contributed by atoms with Crippen LogP contribution >= 0.6 is 0 Å². The monoisotopic (exact) mass is 393 g/mol. The molecular weight excluding hydrogens is 366 g/mol. The van der Waals surface area contributed by atoms with Crippen LogP contribution in [0.4, 0.5) is 0 Å². The van der Waals surface area contributed by atoms with Crippen molar-refractivity contribution < 1.29 is 9.90 Å². The number of carbonyl (C=O) groups excluding carboxylic acids is 1. The molecule has 0 saturated carbocycles. The number of amides is 1. The third-order valence-corrected chi connectivity index (χ3v) is 5.36. The van der Waals surface area contributed by atoms with Gasteiger partial charge in [-0.15, -0.1) is 0 Å². The van der Waals surface area contributed by atoms with Crippen molar-refractivity contribution in [1.82, 2.24) is 25.8 Å². The third-order valence-electron chi connectivity index (χ3n) is 5.36. The molecule has 1 aromatic carbocycles. The summed E-state index contributed by atoms with van der Waals surface area (Å²) in [5, 5.41) is 24.0. The van der Waals surface area contributed by atoms with Crippen molar-refractivity contribution in [2.45, 2.75) is 57.7 Å². The van der Waals surface area contributed by atoms with Crippen LogP contribution in [0.15, 0.2) is 36.5 Å². The van der Waals surface area contributed by atoms with E-state index in [9.17, 15) is 9.90 Å². The number of H-pyrrole nitrogens is 1. The smallest absolute Gasteiger partial charge is 0.252 e. The molecule has 0 aliphatic carbocycles. The van der Waals surface area contributed by atoms with Gasteiger partial charge in [-0.25, -0.2) is 4.98 Å².